The normalized spacial score (nSPS) is 9.85. The van der Waals surface area contributed by atoms with Gasteiger partial charge in [0.05, 0.1) is 6.20 Å². The van der Waals surface area contributed by atoms with Gasteiger partial charge in [-0.3, -0.25) is 4.79 Å². The second-order valence-electron chi connectivity index (χ2n) is 4.10. The molecule has 0 bridgehead atoms. The summed E-state index contributed by atoms with van der Waals surface area (Å²) < 4.78 is 0. The Balaban J connectivity index is 2.15. The SMILES string of the molecule is C=CCNc1cnnc(Nc2cccc(C(C)=O)c2)n1. The third-order valence-corrected chi connectivity index (χ3v) is 2.51. The van der Waals surface area contributed by atoms with E-state index < -0.39 is 0 Å². The van der Waals surface area contributed by atoms with Crippen LogP contribution in [0.1, 0.15) is 17.3 Å². The Labute approximate surface area is 117 Å². The second-order valence-corrected chi connectivity index (χ2v) is 4.10. The molecule has 6 heteroatoms. The maximum Gasteiger partial charge on any atom is 0.249 e. The zero-order valence-electron chi connectivity index (χ0n) is 11.1. The van der Waals surface area contributed by atoms with Crippen LogP contribution in [-0.2, 0) is 0 Å². The first-order valence-electron chi connectivity index (χ1n) is 6.11. The third-order valence-electron chi connectivity index (χ3n) is 2.51. The minimum atomic E-state index is 0.00842. The van der Waals surface area contributed by atoms with Crippen molar-refractivity contribution in [2.45, 2.75) is 6.92 Å². The molecule has 0 aliphatic carbocycles. The van der Waals surface area contributed by atoms with E-state index in [9.17, 15) is 4.79 Å². The van der Waals surface area contributed by atoms with Gasteiger partial charge in [-0.2, -0.15) is 10.1 Å². The van der Waals surface area contributed by atoms with Gasteiger partial charge in [0, 0.05) is 17.8 Å². The average molecular weight is 269 g/mol. The molecule has 20 heavy (non-hydrogen) atoms. The molecule has 0 fully saturated rings. The number of nitrogens with one attached hydrogen (secondary N) is 2. The lowest BCUT2D eigenvalue weighted by Crippen LogP contribution is -2.05. The van der Waals surface area contributed by atoms with Gasteiger partial charge >= 0.3 is 0 Å². The highest BCUT2D eigenvalue weighted by Gasteiger charge is 2.03. The lowest BCUT2D eigenvalue weighted by atomic mass is 10.1. The van der Waals surface area contributed by atoms with Crippen LogP contribution in [0.4, 0.5) is 17.5 Å². The molecule has 0 saturated heterocycles. The van der Waals surface area contributed by atoms with Crippen molar-refractivity contribution < 1.29 is 4.79 Å². The molecule has 0 radical (unpaired) electrons. The van der Waals surface area contributed by atoms with Crippen molar-refractivity contribution in [3.8, 4) is 0 Å². The van der Waals surface area contributed by atoms with E-state index in [1.165, 1.54) is 13.1 Å². The molecular formula is C14H15N5O. The Morgan fingerprint density at radius 3 is 3.05 bits per heavy atom. The number of rotatable bonds is 6. The average Bonchev–Trinajstić information content (AvgIpc) is 2.46. The van der Waals surface area contributed by atoms with E-state index in [0.717, 1.165) is 5.69 Å². The molecule has 1 aromatic heterocycles. The number of hydrogen-bond donors (Lipinski definition) is 2. The van der Waals surface area contributed by atoms with Gasteiger partial charge in [0.2, 0.25) is 5.95 Å². The van der Waals surface area contributed by atoms with Gasteiger partial charge in [0.15, 0.2) is 11.6 Å². The molecule has 0 spiro atoms. The van der Waals surface area contributed by atoms with Crippen molar-refractivity contribution in [2.75, 3.05) is 17.2 Å². The summed E-state index contributed by atoms with van der Waals surface area (Å²) in [4.78, 5) is 15.6. The number of Topliss-reactive ketones (excluding diaryl/α,β-unsaturated/α-hetero) is 1. The van der Waals surface area contributed by atoms with Crippen molar-refractivity contribution >= 4 is 23.2 Å². The first-order valence-corrected chi connectivity index (χ1v) is 6.11. The minimum absolute atomic E-state index is 0.00842. The van der Waals surface area contributed by atoms with Gasteiger partial charge in [-0.05, 0) is 19.1 Å². The number of carbonyl (C=O) groups excluding carboxylic acids is 1. The third kappa shape index (κ3) is 3.61. The van der Waals surface area contributed by atoms with Gasteiger partial charge in [0.1, 0.15) is 0 Å². The smallest absolute Gasteiger partial charge is 0.249 e. The number of nitrogens with zero attached hydrogens (tertiary/aromatic N) is 3. The number of aromatic nitrogens is 3. The fourth-order valence-electron chi connectivity index (χ4n) is 1.56. The molecule has 1 aromatic carbocycles. The highest BCUT2D eigenvalue weighted by molar-refractivity contribution is 5.95. The van der Waals surface area contributed by atoms with Crippen LogP contribution in [0.25, 0.3) is 0 Å². The number of anilines is 3. The Morgan fingerprint density at radius 1 is 1.45 bits per heavy atom. The lowest BCUT2D eigenvalue weighted by molar-refractivity contribution is 0.101. The maximum atomic E-state index is 11.3. The van der Waals surface area contributed by atoms with Crippen molar-refractivity contribution in [1.82, 2.24) is 15.2 Å². The Morgan fingerprint density at radius 2 is 2.30 bits per heavy atom. The van der Waals surface area contributed by atoms with Gasteiger partial charge in [-0.1, -0.05) is 18.2 Å². The van der Waals surface area contributed by atoms with Crippen molar-refractivity contribution in [2.24, 2.45) is 0 Å². The van der Waals surface area contributed by atoms with Crippen LogP contribution < -0.4 is 10.6 Å². The van der Waals surface area contributed by atoms with Crippen LogP contribution in [0.2, 0.25) is 0 Å². The molecule has 0 aliphatic rings. The first-order chi connectivity index (χ1) is 9.69. The van der Waals surface area contributed by atoms with Crippen LogP contribution in [0, 0.1) is 0 Å². The summed E-state index contributed by atoms with van der Waals surface area (Å²) >= 11 is 0. The monoisotopic (exact) mass is 269 g/mol. The van der Waals surface area contributed by atoms with Crippen LogP contribution in [0.3, 0.4) is 0 Å². The van der Waals surface area contributed by atoms with Gasteiger partial charge in [0.25, 0.3) is 0 Å². The van der Waals surface area contributed by atoms with Crippen LogP contribution in [0.15, 0.2) is 43.1 Å². The van der Waals surface area contributed by atoms with Crippen LogP contribution >= 0.6 is 0 Å². The highest BCUT2D eigenvalue weighted by atomic mass is 16.1. The lowest BCUT2D eigenvalue weighted by Gasteiger charge is -2.07. The number of hydrogen-bond acceptors (Lipinski definition) is 6. The van der Waals surface area contributed by atoms with Crippen molar-refractivity contribution in [1.29, 1.82) is 0 Å². The van der Waals surface area contributed by atoms with E-state index in [1.54, 1.807) is 24.3 Å². The Hall–Kier alpha value is -2.76. The van der Waals surface area contributed by atoms with E-state index in [2.05, 4.69) is 32.4 Å². The predicted molar refractivity (Wildman–Crippen MR) is 78.2 cm³/mol. The zero-order valence-corrected chi connectivity index (χ0v) is 11.1. The second kappa shape index (κ2) is 6.42. The molecule has 0 aliphatic heterocycles. The van der Waals surface area contributed by atoms with Gasteiger partial charge in [-0.15, -0.1) is 11.7 Å². The molecule has 102 valence electrons. The van der Waals surface area contributed by atoms with Crippen LogP contribution in [0.5, 0.6) is 0 Å². The Bertz CT molecular complexity index is 626. The van der Waals surface area contributed by atoms with Crippen LogP contribution in [-0.4, -0.2) is 27.5 Å². The quantitative estimate of drug-likeness (QED) is 0.619. The summed E-state index contributed by atoms with van der Waals surface area (Å²) in [7, 11) is 0. The summed E-state index contributed by atoms with van der Waals surface area (Å²) in [6, 6.07) is 7.14. The standard InChI is InChI=1S/C14H15N5O/c1-3-7-15-13-9-16-19-14(18-13)17-12-6-4-5-11(8-12)10(2)20/h3-6,8-9H,1,7H2,2H3,(H2,15,17,18,19). The van der Waals surface area contributed by atoms with E-state index in [0.29, 0.717) is 23.9 Å². The molecule has 2 N–H and O–H groups in total. The summed E-state index contributed by atoms with van der Waals surface area (Å²) in [6.07, 6.45) is 3.26. The maximum absolute atomic E-state index is 11.3. The molecule has 2 aromatic rings. The largest absolute Gasteiger partial charge is 0.365 e. The molecule has 1 heterocycles. The molecular weight excluding hydrogens is 254 g/mol. The number of benzene rings is 1. The minimum Gasteiger partial charge on any atom is -0.365 e. The zero-order chi connectivity index (χ0) is 14.4. The molecule has 0 atom stereocenters. The van der Waals surface area contributed by atoms with E-state index >= 15 is 0 Å². The summed E-state index contributed by atoms with van der Waals surface area (Å²) in [5, 5.41) is 13.8. The summed E-state index contributed by atoms with van der Waals surface area (Å²) in [6.45, 7) is 5.74. The Kier molecular flexibility index (Phi) is 4.39. The first kappa shape index (κ1) is 13.7. The molecule has 0 saturated carbocycles. The molecule has 0 amide bonds. The predicted octanol–water partition coefficient (Wildman–Crippen LogP) is 2.42. The van der Waals surface area contributed by atoms with Gasteiger partial charge < -0.3 is 10.6 Å². The summed E-state index contributed by atoms with van der Waals surface area (Å²) in [5.74, 6) is 0.971. The van der Waals surface area contributed by atoms with E-state index in [-0.39, 0.29) is 5.78 Å². The number of carbonyl (C=O) groups is 1. The van der Waals surface area contributed by atoms with Crippen molar-refractivity contribution in [3.63, 3.8) is 0 Å². The fourth-order valence-corrected chi connectivity index (χ4v) is 1.56. The van der Waals surface area contributed by atoms with Crippen molar-refractivity contribution in [3.05, 3.63) is 48.7 Å². The molecule has 2 rings (SSSR count). The highest BCUT2D eigenvalue weighted by Crippen LogP contribution is 2.15. The van der Waals surface area contributed by atoms with Gasteiger partial charge in [-0.25, -0.2) is 0 Å². The topological polar surface area (TPSA) is 79.8 Å². The summed E-state index contributed by atoms with van der Waals surface area (Å²) in [5.41, 5.74) is 1.37. The van der Waals surface area contributed by atoms with E-state index in [4.69, 9.17) is 0 Å². The van der Waals surface area contributed by atoms with E-state index in [1.807, 2.05) is 6.07 Å². The fraction of sp³-hybridized carbons (Fsp3) is 0.143. The molecule has 0 unspecified atom stereocenters. The molecule has 6 nitrogen and oxygen atoms in total. The number of ketones is 1.